The van der Waals surface area contributed by atoms with Crippen molar-refractivity contribution >= 4 is 27.3 Å². The number of phenols is 1. The summed E-state index contributed by atoms with van der Waals surface area (Å²) in [6.45, 7) is 3.99. The fourth-order valence-corrected chi connectivity index (χ4v) is 1.86. The van der Waals surface area contributed by atoms with E-state index in [1.165, 1.54) is 0 Å². The monoisotopic (exact) mass is 304 g/mol. The molecule has 0 saturated heterocycles. The Hall–Kier alpha value is -1.68. The fraction of sp³-hybridized carbons (Fsp3) is 0.143. The van der Waals surface area contributed by atoms with Gasteiger partial charge in [-0.15, -0.1) is 5.11 Å². The highest BCUT2D eigenvalue weighted by molar-refractivity contribution is 9.10. The van der Waals surface area contributed by atoms with Gasteiger partial charge in [-0.1, -0.05) is 28.1 Å². The van der Waals surface area contributed by atoms with Crippen LogP contribution in [0.4, 0.5) is 11.4 Å². The van der Waals surface area contributed by atoms with Crippen molar-refractivity contribution in [3.63, 3.8) is 0 Å². The molecule has 0 aromatic heterocycles. The van der Waals surface area contributed by atoms with Crippen LogP contribution in [-0.2, 0) is 0 Å². The predicted molar refractivity (Wildman–Crippen MR) is 75.9 cm³/mol. The summed E-state index contributed by atoms with van der Waals surface area (Å²) >= 11 is 3.34. The highest BCUT2D eigenvalue weighted by Crippen LogP contribution is 2.31. The van der Waals surface area contributed by atoms with Crippen LogP contribution in [0.1, 0.15) is 11.1 Å². The molecule has 0 spiro atoms. The van der Waals surface area contributed by atoms with Crippen LogP contribution in [0.5, 0.6) is 5.75 Å². The maximum Gasteiger partial charge on any atom is 0.143 e. The molecule has 2 aromatic rings. The number of nitrogens with zero attached hydrogens (tertiary/aromatic N) is 2. The Bertz CT molecular complexity index is 555. The van der Waals surface area contributed by atoms with Crippen LogP contribution in [0.25, 0.3) is 0 Å². The van der Waals surface area contributed by atoms with Gasteiger partial charge in [0.2, 0.25) is 0 Å². The molecule has 0 unspecified atom stereocenters. The molecule has 0 saturated carbocycles. The third-order valence-electron chi connectivity index (χ3n) is 2.57. The van der Waals surface area contributed by atoms with Crippen LogP contribution in [-0.4, -0.2) is 5.11 Å². The summed E-state index contributed by atoms with van der Waals surface area (Å²) in [4.78, 5) is 0. The van der Waals surface area contributed by atoms with Crippen molar-refractivity contribution in [2.24, 2.45) is 10.2 Å². The van der Waals surface area contributed by atoms with E-state index in [0.717, 1.165) is 21.3 Å². The van der Waals surface area contributed by atoms with Gasteiger partial charge in [0.25, 0.3) is 0 Å². The van der Waals surface area contributed by atoms with Gasteiger partial charge >= 0.3 is 0 Å². The maximum absolute atomic E-state index is 9.66. The van der Waals surface area contributed by atoms with E-state index in [-0.39, 0.29) is 5.75 Å². The molecule has 1 N–H and O–H groups in total. The normalized spacial score (nSPS) is 11.1. The molecule has 0 aliphatic carbocycles. The molecule has 3 nitrogen and oxygen atoms in total. The maximum atomic E-state index is 9.66. The van der Waals surface area contributed by atoms with Gasteiger partial charge in [0, 0.05) is 4.47 Å². The Morgan fingerprint density at radius 1 is 0.944 bits per heavy atom. The second-order valence-corrected chi connectivity index (χ2v) is 5.04. The van der Waals surface area contributed by atoms with Crippen molar-refractivity contribution in [3.05, 3.63) is 52.0 Å². The van der Waals surface area contributed by atoms with Crippen molar-refractivity contribution in [3.8, 4) is 5.75 Å². The van der Waals surface area contributed by atoms with Crippen LogP contribution in [0.2, 0.25) is 0 Å². The summed E-state index contributed by atoms with van der Waals surface area (Å²) in [7, 11) is 0. The van der Waals surface area contributed by atoms with Crippen LogP contribution in [0.15, 0.2) is 51.1 Å². The SMILES string of the molecule is Cc1ccc(C)c(N=Nc2cc(Br)ccc2O)c1. The quantitative estimate of drug-likeness (QED) is 0.763. The Balaban J connectivity index is 2.35. The first-order chi connectivity index (χ1) is 8.56. The molecular formula is C14H13BrN2O. The topological polar surface area (TPSA) is 45.0 Å². The second-order valence-electron chi connectivity index (χ2n) is 4.12. The van der Waals surface area contributed by atoms with E-state index in [0.29, 0.717) is 5.69 Å². The second kappa shape index (κ2) is 5.31. The van der Waals surface area contributed by atoms with E-state index in [1.54, 1.807) is 18.2 Å². The summed E-state index contributed by atoms with van der Waals surface area (Å²) in [6, 6.07) is 11.1. The lowest BCUT2D eigenvalue weighted by Crippen LogP contribution is -1.76. The van der Waals surface area contributed by atoms with Crippen molar-refractivity contribution in [1.29, 1.82) is 0 Å². The minimum absolute atomic E-state index is 0.118. The molecule has 4 heteroatoms. The number of phenolic OH excluding ortho intramolecular Hbond substituents is 1. The molecule has 0 fully saturated rings. The fourth-order valence-electron chi connectivity index (χ4n) is 1.51. The number of hydrogen-bond acceptors (Lipinski definition) is 3. The Labute approximate surface area is 114 Å². The average molecular weight is 305 g/mol. The van der Waals surface area contributed by atoms with Crippen LogP contribution >= 0.6 is 15.9 Å². The minimum atomic E-state index is 0.118. The average Bonchev–Trinajstić information content (AvgIpc) is 2.34. The largest absolute Gasteiger partial charge is 0.506 e. The van der Waals surface area contributed by atoms with Crippen molar-refractivity contribution in [2.45, 2.75) is 13.8 Å². The van der Waals surface area contributed by atoms with Gasteiger partial charge in [0.05, 0.1) is 5.69 Å². The van der Waals surface area contributed by atoms with E-state index in [2.05, 4.69) is 26.2 Å². The number of benzene rings is 2. The minimum Gasteiger partial charge on any atom is -0.506 e. The first kappa shape index (κ1) is 12.8. The Morgan fingerprint density at radius 3 is 2.44 bits per heavy atom. The molecule has 0 heterocycles. The number of rotatable bonds is 2. The number of halogens is 1. The summed E-state index contributed by atoms with van der Waals surface area (Å²) in [6.07, 6.45) is 0. The van der Waals surface area contributed by atoms with Gasteiger partial charge in [0.15, 0.2) is 0 Å². The first-order valence-electron chi connectivity index (χ1n) is 5.54. The number of aromatic hydroxyl groups is 1. The molecular weight excluding hydrogens is 292 g/mol. The molecule has 18 heavy (non-hydrogen) atoms. The highest BCUT2D eigenvalue weighted by atomic mass is 79.9. The van der Waals surface area contributed by atoms with E-state index in [4.69, 9.17) is 0 Å². The van der Waals surface area contributed by atoms with E-state index in [9.17, 15) is 5.11 Å². The number of hydrogen-bond donors (Lipinski definition) is 1. The van der Waals surface area contributed by atoms with Gasteiger partial charge < -0.3 is 5.11 Å². The van der Waals surface area contributed by atoms with Gasteiger partial charge in [-0.2, -0.15) is 5.11 Å². The molecule has 0 bridgehead atoms. The molecule has 0 aliphatic rings. The van der Waals surface area contributed by atoms with Crippen LogP contribution < -0.4 is 0 Å². The number of aryl methyl sites for hydroxylation is 2. The van der Waals surface area contributed by atoms with Crippen molar-refractivity contribution in [1.82, 2.24) is 0 Å². The Morgan fingerprint density at radius 2 is 1.67 bits per heavy atom. The summed E-state index contributed by atoms with van der Waals surface area (Å²) in [5.74, 6) is 0.118. The lowest BCUT2D eigenvalue weighted by Gasteiger charge is -2.01. The summed E-state index contributed by atoms with van der Waals surface area (Å²) in [5, 5.41) is 17.9. The molecule has 2 aromatic carbocycles. The van der Waals surface area contributed by atoms with E-state index >= 15 is 0 Å². The van der Waals surface area contributed by atoms with Crippen LogP contribution in [0.3, 0.4) is 0 Å². The van der Waals surface area contributed by atoms with Gasteiger partial charge in [-0.25, -0.2) is 0 Å². The molecule has 92 valence electrons. The summed E-state index contributed by atoms with van der Waals surface area (Å²) < 4.78 is 0.857. The first-order valence-corrected chi connectivity index (χ1v) is 6.33. The molecule has 0 amide bonds. The standard InChI is InChI=1S/C14H13BrN2O/c1-9-3-4-10(2)12(7-9)16-17-13-8-11(15)5-6-14(13)18/h3-8,18H,1-2H3. The van der Waals surface area contributed by atoms with Gasteiger partial charge in [-0.05, 0) is 49.2 Å². The molecule has 0 aliphatic heterocycles. The van der Waals surface area contributed by atoms with E-state index < -0.39 is 0 Å². The van der Waals surface area contributed by atoms with Gasteiger partial charge in [0.1, 0.15) is 11.4 Å². The zero-order valence-corrected chi connectivity index (χ0v) is 11.8. The molecule has 2 rings (SSSR count). The smallest absolute Gasteiger partial charge is 0.143 e. The van der Waals surface area contributed by atoms with E-state index in [1.807, 2.05) is 32.0 Å². The number of azo groups is 1. The Kier molecular flexibility index (Phi) is 3.77. The van der Waals surface area contributed by atoms with Crippen molar-refractivity contribution < 1.29 is 5.11 Å². The third kappa shape index (κ3) is 2.96. The predicted octanol–water partition coefficient (Wildman–Crippen LogP) is 5.19. The lowest BCUT2D eigenvalue weighted by atomic mass is 10.1. The lowest BCUT2D eigenvalue weighted by molar-refractivity contribution is 0.476. The van der Waals surface area contributed by atoms with Crippen molar-refractivity contribution in [2.75, 3.05) is 0 Å². The molecule has 0 atom stereocenters. The zero-order chi connectivity index (χ0) is 13.1. The van der Waals surface area contributed by atoms with Gasteiger partial charge in [-0.3, -0.25) is 0 Å². The van der Waals surface area contributed by atoms with Crippen LogP contribution in [0, 0.1) is 13.8 Å². The molecule has 0 radical (unpaired) electrons. The highest BCUT2D eigenvalue weighted by Gasteiger charge is 2.01. The summed E-state index contributed by atoms with van der Waals surface area (Å²) in [5.41, 5.74) is 3.45. The zero-order valence-electron chi connectivity index (χ0n) is 10.2. The third-order valence-corrected chi connectivity index (χ3v) is 3.06.